The Morgan fingerprint density at radius 2 is 1.77 bits per heavy atom. The summed E-state index contributed by atoms with van der Waals surface area (Å²) in [4.78, 5) is 46.7. The molecule has 2 rings (SSSR count). The number of anilines is 1. The molecule has 136 valence electrons. The number of hydrogen-bond acceptors (Lipinski definition) is 6. The third kappa shape index (κ3) is 4.56. The summed E-state index contributed by atoms with van der Waals surface area (Å²) in [6.07, 6.45) is 0. The van der Waals surface area contributed by atoms with Crippen LogP contribution in [0.4, 0.5) is 5.69 Å². The van der Waals surface area contributed by atoms with Crippen LogP contribution >= 0.6 is 0 Å². The van der Waals surface area contributed by atoms with Crippen LogP contribution in [0.15, 0.2) is 39.5 Å². The Bertz CT molecular complexity index is 873. The van der Waals surface area contributed by atoms with E-state index in [1.165, 1.54) is 20.0 Å². The van der Waals surface area contributed by atoms with Gasteiger partial charge in [0, 0.05) is 24.4 Å². The van der Waals surface area contributed by atoms with Crippen molar-refractivity contribution in [2.45, 2.75) is 13.8 Å². The SMILES string of the molecule is CNC(=O)c1ccc(NC(=O)COC(=O)c2c(C)cc(=O)oc2C)cc1. The molecule has 1 aromatic heterocycles. The number of hydrogen-bond donors (Lipinski definition) is 2. The average Bonchev–Trinajstić information content (AvgIpc) is 2.59. The molecule has 0 saturated heterocycles. The van der Waals surface area contributed by atoms with Crippen LogP contribution in [0, 0.1) is 13.8 Å². The number of nitrogens with one attached hydrogen (secondary N) is 2. The Morgan fingerprint density at radius 1 is 1.12 bits per heavy atom. The van der Waals surface area contributed by atoms with Gasteiger partial charge in [0.25, 0.3) is 11.8 Å². The minimum Gasteiger partial charge on any atom is -0.452 e. The maximum Gasteiger partial charge on any atom is 0.342 e. The highest BCUT2D eigenvalue weighted by Crippen LogP contribution is 2.13. The molecule has 0 radical (unpaired) electrons. The largest absolute Gasteiger partial charge is 0.452 e. The second-order valence-corrected chi connectivity index (χ2v) is 5.46. The Morgan fingerprint density at radius 3 is 2.35 bits per heavy atom. The lowest BCUT2D eigenvalue weighted by Gasteiger charge is -2.09. The molecule has 2 N–H and O–H groups in total. The van der Waals surface area contributed by atoms with Crippen molar-refractivity contribution in [2.24, 2.45) is 0 Å². The van der Waals surface area contributed by atoms with Gasteiger partial charge >= 0.3 is 11.6 Å². The van der Waals surface area contributed by atoms with Crippen molar-refractivity contribution in [2.75, 3.05) is 19.0 Å². The number of esters is 1. The number of aryl methyl sites for hydroxylation is 2. The first-order chi connectivity index (χ1) is 12.3. The predicted molar refractivity (Wildman–Crippen MR) is 93.2 cm³/mol. The van der Waals surface area contributed by atoms with Crippen LogP contribution in [0.5, 0.6) is 0 Å². The van der Waals surface area contributed by atoms with E-state index in [1.54, 1.807) is 31.2 Å². The zero-order chi connectivity index (χ0) is 19.3. The minimum atomic E-state index is -0.756. The molecule has 0 atom stereocenters. The van der Waals surface area contributed by atoms with Crippen molar-refractivity contribution in [3.05, 3.63) is 63.2 Å². The van der Waals surface area contributed by atoms with Crippen LogP contribution in [-0.2, 0) is 9.53 Å². The first kappa shape index (κ1) is 18.9. The molecule has 0 spiro atoms. The van der Waals surface area contributed by atoms with Gasteiger partial charge in [0.15, 0.2) is 6.61 Å². The van der Waals surface area contributed by atoms with Crippen LogP contribution in [0.25, 0.3) is 0 Å². The zero-order valence-corrected chi connectivity index (χ0v) is 14.5. The molecule has 0 fully saturated rings. The van der Waals surface area contributed by atoms with Gasteiger partial charge in [-0.2, -0.15) is 0 Å². The van der Waals surface area contributed by atoms with Crippen molar-refractivity contribution < 1.29 is 23.5 Å². The summed E-state index contributed by atoms with van der Waals surface area (Å²) in [5.41, 5.74) is 0.876. The van der Waals surface area contributed by atoms with E-state index in [0.29, 0.717) is 16.8 Å². The van der Waals surface area contributed by atoms with Gasteiger partial charge in [0.1, 0.15) is 11.3 Å². The fourth-order valence-corrected chi connectivity index (χ4v) is 2.31. The molecule has 8 nitrogen and oxygen atoms in total. The summed E-state index contributed by atoms with van der Waals surface area (Å²) in [6.45, 7) is 2.54. The normalized spacial score (nSPS) is 10.1. The predicted octanol–water partition coefficient (Wildman–Crippen LogP) is 1.41. The van der Waals surface area contributed by atoms with E-state index in [2.05, 4.69) is 10.6 Å². The van der Waals surface area contributed by atoms with Crippen LogP contribution < -0.4 is 16.3 Å². The molecule has 2 amide bonds. The molecule has 0 bridgehead atoms. The molecule has 8 heteroatoms. The number of amides is 2. The Labute approximate surface area is 149 Å². The van der Waals surface area contributed by atoms with Gasteiger partial charge in [-0.3, -0.25) is 9.59 Å². The molecule has 2 aromatic rings. The molecule has 1 heterocycles. The molecule has 0 aliphatic carbocycles. The first-order valence-electron chi connectivity index (χ1n) is 7.72. The Kier molecular flexibility index (Phi) is 5.90. The van der Waals surface area contributed by atoms with Gasteiger partial charge in [0.05, 0.1) is 0 Å². The minimum absolute atomic E-state index is 0.118. The van der Waals surface area contributed by atoms with E-state index in [1.807, 2.05) is 0 Å². The second-order valence-electron chi connectivity index (χ2n) is 5.46. The summed E-state index contributed by atoms with van der Waals surface area (Å²) < 4.78 is 9.83. The second kappa shape index (κ2) is 8.11. The molecular weight excluding hydrogens is 340 g/mol. The zero-order valence-electron chi connectivity index (χ0n) is 14.5. The van der Waals surface area contributed by atoms with Crippen LogP contribution in [0.2, 0.25) is 0 Å². The summed E-state index contributed by atoms with van der Waals surface area (Å²) in [7, 11) is 1.52. The highest BCUT2D eigenvalue weighted by atomic mass is 16.5. The van der Waals surface area contributed by atoms with Crippen LogP contribution in [-0.4, -0.2) is 31.4 Å². The highest BCUT2D eigenvalue weighted by molar-refractivity contribution is 5.97. The summed E-state index contributed by atoms with van der Waals surface area (Å²) in [5.74, 6) is -1.41. The van der Waals surface area contributed by atoms with Crippen molar-refractivity contribution >= 4 is 23.5 Å². The van der Waals surface area contributed by atoms with Crippen LogP contribution in [0.3, 0.4) is 0 Å². The number of benzene rings is 1. The fraction of sp³-hybridized carbons (Fsp3) is 0.222. The van der Waals surface area contributed by atoms with Crippen molar-refractivity contribution in [1.29, 1.82) is 0 Å². The smallest absolute Gasteiger partial charge is 0.342 e. The lowest BCUT2D eigenvalue weighted by atomic mass is 10.1. The lowest BCUT2D eigenvalue weighted by Crippen LogP contribution is -2.22. The third-order valence-electron chi connectivity index (χ3n) is 3.53. The topological polar surface area (TPSA) is 115 Å². The summed E-state index contributed by atoms with van der Waals surface area (Å²) in [6, 6.07) is 7.41. The van der Waals surface area contributed by atoms with Gasteiger partial charge < -0.3 is 19.8 Å². The van der Waals surface area contributed by atoms with Gasteiger partial charge in [-0.1, -0.05) is 0 Å². The molecule has 0 aliphatic rings. The third-order valence-corrected chi connectivity index (χ3v) is 3.53. The number of ether oxygens (including phenoxy) is 1. The first-order valence-corrected chi connectivity index (χ1v) is 7.72. The van der Waals surface area contributed by atoms with Crippen molar-refractivity contribution in [3.8, 4) is 0 Å². The molecule has 0 aliphatic heterocycles. The maximum atomic E-state index is 12.1. The van der Waals surface area contributed by atoms with Gasteiger partial charge in [-0.05, 0) is 43.7 Å². The highest BCUT2D eigenvalue weighted by Gasteiger charge is 2.18. The van der Waals surface area contributed by atoms with E-state index >= 15 is 0 Å². The van der Waals surface area contributed by atoms with E-state index < -0.39 is 24.1 Å². The maximum absolute atomic E-state index is 12.1. The fourth-order valence-electron chi connectivity index (χ4n) is 2.31. The quantitative estimate of drug-likeness (QED) is 0.781. The van der Waals surface area contributed by atoms with Crippen molar-refractivity contribution in [1.82, 2.24) is 5.32 Å². The van der Waals surface area contributed by atoms with Gasteiger partial charge in [-0.15, -0.1) is 0 Å². The molecule has 1 aromatic carbocycles. The molecule has 26 heavy (non-hydrogen) atoms. The van der Waals surface area contributed by atoms with Gasteiger partial charge in [0.2, 0.25) is 0 Å². The standard InChI is InChI=1S/C18H18N2O6/c1-10-8-15(22)26-11(2)16(10)18(24)25-9-14(21)20-13-6-4-12(5-7-13)17(23)19-3/h4-8H,9H2,1-3H3,(H,19,23)(H,20,21). The number of carbonyl (C=O) groups excluding carboxylic acids is 3. The summed E-state index contributed by atoms with van der Waals surface area (Å²) in [5, 5.41) is 5.04. The average molecular weight is 358 g/mol. The van der Waals surface area contributed by atoms with Gasteiger partial charge in [-0.25, -0.2) is 9.59 Å². The van der Waals surface area contributed by atoms with E-state index in [0.717, 1.165) is 0 Å². The van der Waals surface area contributed by atoms with E-state index in [4.69, 9.17) is 9.15 Å². The van der Waals surface area contributed by atoms with E-state index in [-0.39, 0.29) is 17.2 Å². The van der Waals surface area contributed by atoms with Crippen molar-refractivity contribution in [3.63, 3.8) is 0 Å². The Balaban J connectivity index is 1.95. The molecule has 0 unspecified atom stereocenters. The van der Waals surface area contributed by atoms with E-state index in [9.17, 15) is 19.2 Å². The summed E-state index contributed by atoms with van der Waals surface area (Å²) >= 11 is 0. The molecular formula is C18H18N2O6. The number of carbonyl (C=O) groups is 3. The Hall–Kier alpha value is -3.42. The van der Waals surface area contributed by atoms with Crippen LogP contribution in [0.1, 0.15) is 32.0 Å². The monoisotopic (exact) mass is 358 g/mol. The molecule has 0 saturated carbocycles. The lowest BCUT2D eigenvalue weighted by molar-refractivity contribution is -0.119. The number of rotatable bonds is 5.